The van der Waals surface area contributed by atoms with E-state index in [1.807, 2.05) is 0 Å². The average molecular weight is 297 g/mol. The molecule has 0 aliphatic carbocycles. The summed E-state index contributed by atoms with van der Waals surface area (Å²) in [7, 11) is -1.62. The summed E-state index contributed by atoms with van der Waals surface area (Å²) in [5.74, 6) is -0.314. The Balaban J connectivity index is 2.25. The molecule has 0 saturated heterocycles. The maximum atomic E-state index is 12.1. The first-order chi connectivity index (χ1) is 9.76. The van der Waals surface area contributed by atoms with Gasteiger partial charge in [0, 0.05) is 16.7 Å². The Morgan fingerprint density at radius 3 is 2.14 bits per heavy atom. The number of halogens is 3. The van der Waals surface area contributed by atoms with E-state index in [2.05, 4.69) is 9.72 Å². The van der Waals surface area contributed by atoms with Gasteiger partial charge in [0.1, 0.15) is 5.75 Å². The highest BCUT2D eigenvalue weighted by molar-refractivity contribution is 6.59. The lowest BCUT2D eigenvalue weighted by Crippen LogP contribution is -2.32. The van der Waals surface area contributed by atoms with Crippen molar-refractivity contribution in [1.82, 2.24) is 4.98 Å². The highest BCUT2D eigenvalue weighted by atomic mass is 19.4. The van der Waals surface area contributed by atoms with Crippen LogP contribution in [-0.2, 0) is 0 Å². The highest BCUT2D eigenvalue weighted by Gasteiger charge is 2.31. The Morgan fingerprint density at radius 1 is 1.05 bits per heavy atom. The first-order valence-electron chi connectivity index (χ1n) is 5.96. The molecule has 0 amide bonds. The fraction of sp³-hybridized carbons (Fsp3) is 0.154. The fourth-order valence-corrected chi connectivity index (χ4v) is 1.83. The van der Waals surface area contributed by atoms with Crippen molar-refractivity contribution in [3.8, 4) is 17.0 Å². The molecule has 2 aromatic rings. The number of hydrogen-bond donors (Lipinski definition) is 2. The molecule has 0 aliphatic rings. The molecule has 110 valence electrons. The summed E-state index contributed by atoms with van der Waals surface area (Å²) in [5.41, 5.74) is 1.80. The third-order valence-electron chi connectivity index (χ3n) is 2.79. The van der Waals surface area contributed by atoms with Crippen molar-refractivity contribution in [3.05, 3.63) is 42.1 Å². The molecule has 1 aromatic carbocycles. The minimum atomic E-state index is -4.73. The topological polar surface area (TPSA) is 62.6 Å². The Bertz CT molecular complexity index is 630. The zero-order valence-corrected chi connectivity index (χ0v) is 10.9. The van der Waals surface area contributed by atoms with E-state index in [0.29, 0.717) is 17.0 Å². The summed E-state index contributed by atoms with van der Waals surface area (Å²) < 4.78 is 39.9. The van der Waals surface area contributed by atoms with E-state index in [9.17, 15) is 13.2 Å². The van der Waals surface area contributed by atoms with Gasteiger partial charge in [-0.25, -0.2) is 0 Å². The Morgan fingerprint density at radius 2 is 1.67 bits per heavy atom. The molecule has 0 bridgehead atoms. The normalized spacial score (nSPS) is 11.3. The zero-order chi connectivity index (χ0) is 15.6. The smallest absolute Gasteiger partial charge is 0.423 e. The molecule has 0 saturated carbocycles. The van der Waals surface area contributed by atoms with Gasteiger partial charge in [0.15, 0.2) is 0 Å². The van der Waals surface area contributed by atoms with Crippen LogP contribution in [0.4, 0.5) is 13.2 Å². The molecule has 0 spiro atoms. The molecule has 1 aromatic heterocycles. The van der Waals surface area contributed by atoms with Crippen molar-refractivity contribution in [1.29, 1.82) is 0 Å². The Kier molecular flexibility index (Phi) is 4.20. The van der Waals surface area contributed by atoms with Crippen LogP contribution in [0, 0.1) is 6.92 Å². The number of rotatable bonds is 3. The lowest BCUT2D eigenvalue weighted by Gasteiger charge is -2.10. The summed E-state index contributed by atoms with van der Waals surface area (Å²) in [5, 5.41) is 18.2. The summed E-state index contributed by atoms with van der Waals surface area (Å²) in [4.78, 5) is 4.19. The van der Waals surface area contributed by atoms with Crippen LogP contribution in [0.3, 0.4) is 0 Å². The number of aromatic nitrogens is 1. The van der Waals surface area contributed by atoms with Gasteiger partial charge in [-0.2, -0.15) is 0 Å². The van der Waals surface area contributed by atoms with Crippen LogP contribution in [0.25, 0.3) is 11.3 Å². The predicted octanol–water partition coefficient (Wildman–Crippen LogP) is 1.64. The van der Waals surface area contributed by atoms with E-state index in [0.717, 1.165) is 0 Å². The maximum Gasteiger partial charge on any atom is 0.573 e. The van der Waals surface area contributed by atoms with E-state index >= 15 is 0 Å². The number of benzene rings is 1. The molecule has 4 nitrogen and oxygen atoms in total. The second-order valence-corrected chi connectivity index (χ2v) is 4.32. The van der Waals surface area contributed by atoms with Crippen LogP contribution in [0.1, 0.15) is 5.69 Å². The monoisotopic (exact) mass is 297 g/mol. The van der Waals surface area contributed by atoms with Crippen molar-refractivity contribution >= 4 is 12.6 Å². The molecular formula is C13H11BF3NO3. The van der Waals surface area contributed by atoms with Crippen molar-refractivity contribution < 1.29 is 28.0 Å². The van der Waals surface area contributed by atoms with Gasteiger partial charge in [-0.1, -0.05) is 6.07 Å². The lowest BCUT2D eigenvalue weighted by molar-refractivity contribution is -0.274. The van der Waals surface area contributed by atoms with Crippen molar-refractivity contribution in [3.63, 3.8) is 0 Å². The van der Waals surface area contributed by atoms with Crippen molar-refractivity contribution in [2.75, 3.05) is 0 Å². The molecule has 8 heteroatoms. The van der Waals surface area contributed by atoms with E-state index < -0.39 is 13.5 Å². The second kappa shape index (κ2) is 5.75. The van der Waals surface area contributed by atoms with Crippen LogP contribution in [-0.4, -0.2) is 28.5 Å². The quantitative estimate of drug-likeness (QED) is 0.845. The summed E-state index contributed by atoms with van der Waals surface area (Å²) in [6.45, 7) is 1.61. The maximum absolute atomic E-state index is 12.1. The largest absolute Gasteiger partial charge is 0.573 e. The number of alkyl halides is 3. The second-order valence-electron chi connectivity index (χ2n) is 4.32. The fourth-order valence-electron chi connectivity index (χ4n) is 1.83. The van der Waals surface area contributed by atoms with Crippen LogP contribution < -0.4 is 10.2 Å². The minimum Gasteiger partial charge on any atom is -0.423 e. The molecule has 0 atom stereocenters. The summed E-state index contributed by atoms with van der Waals surface area (Å²) >= 11 is 0. The van der Waals surface area contributed by atoms with Crippen molar-refractivity contribution in [2.45, 2.75) is 13.3 Å². The highest BCUT2D eigenvalue weighted by Crippen LogP contribution is 2.25. The van der Waals surface area contributed by atoms with Gasteiger partial charge in [0.2, 0.25) is 0 Å². The number of aryl methyl sites for hydroxylation is 1. The molecule has 21 heavy (non-hydrogen) atoms. The van der Waals surface area contributed by atoms with Crippen LogP contribution in [0.2, 0.25) is 0 Å². The van der Waals surface area contributed by atoms with Crippen molar-refractivity contribution in [2.24, 2.45) is 0 Å². The van der Waals surface area contributed by atoms with E-state index in [4.69, 9.17) is 10.0 Å². The molecule has 0 unspecified atom stereocenters. The first kappa shape index (κ1) is 15.3. The Labute approximate surface area is 119 Å². The van der Waals surface area contributed by atoms with Crippen LogP contribution in [0.5, 0.6) is 5.75 Å². The molecule has 0 aliphatic heterocycles. The molecule has 0 radical (unpaired) electrons. The third-order valence-corrected chi connectivity index (χ3v) is 2.79. The van der Waals surface area contributed by atoms with Crippen LogP contribution >= 0.6 is 0 Å². The molecule has 2 N–H and O–H groups in total. The van der Waals surface area contributed by atoms with Crippen LogP contribution in [0.15, 0.2) is 36.4 Å². The van der Waals surface area contributed by atoms with Gasteiger partial charge in [-0.05, 0) is 37.3 Å². The van der Waals surface area contributed by atoms with Gasteiger partial charge < -0.3 is 14.8 Å². The molecule has 2 rings (SSSR count). The summed E-state index contributed by atoms with van der Waals surface area (Å²) in [6.07, 6.45) is -4.73. The predicted molar refractivity (Wildman–Crippen MR) is 70.9 cm³/mol. The number of pyridine rings is 1. The molecule has 0 fully saturated rings. The average Bonchev–Trinajstić information content (AvgIpc) is 2.37. The number of ether oxygens (including phenoxy) is 1. The van der Waals surface area contributed by atoms with Gasteiger partial charge in [0.05, 0.1) is 5.69 Å². The van der Waals surface area contributed by atoms with E-state index in [-0.39, 0.29) is 11.2 Å². The third kappa shape index (κ3) is 3.96. The number of hydrogen-bond acceptors (Lipinski definition) is 4. The van der Waals surface area contributed by atoms with Gasteiger partial charge in [-0.3, -0.25) is 4.98 Å². The number of nitrogens with zero attached hydrogens (tertiary/aromatic N) is 1. The first-order valence-corrected chi connectivity index (χ1v) is 5.96. The van der Waals surface area contributed by atoms with E-state index in [1.54, 1.807) is 13.0 Å². The molecular weight excluding hydrogens is 286 g/mol. The standard InChI is InChI=1S/C13H11BF3NO3/c1-8-11(14(19)20)6-7-12(18-8)9-2-4-10(5-3-9)21-13(15,16)17/h2-7,19-20H,1H3. The zero-order valence-electron chi connectivity index (χ0n) is 10.9. The SMILES string of the molecule is Cc1nc(-c2ccc(OC(F)(F)F)cc2)ccc1B(O)O. The molecule has 1 heterocycles. The minimum absolute atomic E-state index is 0.274. The summed E-state index contributed by atoms with van der Waals surface area (Å²) in [6, 6.07) is 8.32. The Hall–Kier alpha value is -2.06. The van der Waals surface area contributed by atoms with Gasteiger partial charge >= 0.3 is 13.5 Å². The lowest BCUT2D eigenvalue weighted by atomic mass is 9.79. The van der Waals surface area contributed by atoms with E-state index in [1.165, 1.54) is 30.3 Å². The van der Waals surface area contributed by atoms with Gasteiger partial charge in [0.25, 0.3) is 0 Å². The van der Waals surface area contributed by atoms with Gasteiger partial charge in [-0.15, -0.1) is 13.2 Å².